The second-order valence-corrected chi connectivity index (χ2v) is 3.67. The van der Waals surface area contributed by atoms with E-state index in [1.807, 2.05) is 36.4 Å². The molecule has 0 fully saturated rings. The molecular weight excluding hydrogens is 214 g/mol. The third-order valence-electron chi connectivity index (χ3n) is 2.64. The van der Waals surface area contributed by atoms with E-state index in [0.29, 0.717) is 6.42 Å². The number of hydrogen-bond donors (Lipinski definition) is 0. The molecule has 1 aromatic rings. The van der Waals surface area contributed by atoms with Gasteiger partial charge in [0.25, 0.3) is 0 Å². The first-order valence-corrected chi connectivity index (χ1v) is 5.37. The van der Waals surface area contributed by atoms with Crippen LogP contribution in [0.15, 0.2) is 43.0 Å². The Kier molecular flexibility index (Phi) is 4.96. The Morgan fingerprint density at radius 2 is 2.18 bits per heavy atom. The first-order chi connectivity index (χ1) is 8.24. The van der Waals surface area contributed by atoms with E-state index in [4.69, 9.17) is 5.26 Å². The van der Waals surface area contributed by atoms with Crippen LogP contribution in [0.25, 0.3) is 0 Å². The maximum absolute atomic E-state index is 11.6. The van der Waals surface area contributed by atoms with Gasteiger partial charge >= 0.3 is 5.97 Å². The lowest BCUT2D eigenvalue weighted by molar-refractivity contribution is -0.144. The van der Waals surface area contributed by atoms with Gasteiger partial charge in [0.1, 0.15) is 0 Å². The van der Waals surface area contributed by atoms with Gasteiger partial charge in [-0.1, -0.05) is 36.4 Å². The number of esters is 1. The third kappa shape index (κ3) is 3.18. The van der Waals surface area contributed by atoms with Gasteiger partial charge in [-0.2, -0.15) is 5.26 Å². The number of nitriles is 1. The molecule has 0 radical (unpaired) electrons. The summed E-state index contributed by atoms with van der Waals surface area (Å²) >= 11 is 0. The second-order valence-electron chi connectivity index (χ2n) is 3.67. The third-order valence-corrected chi connectivity index (χ3v) is 2.64. The van der Waals surface area contributed by atoms with Crippen molar-refractivity contribution >= 4 is 5.97 Å². The van der Waals surface area contributed by atoms with Crippen molar-refractivity contribution in [3.63, 3.8) is 0 Å². The normalized spacial score (nSPS) is 13.2. The van der Waals surface area contributed by atoms with Crippen LogP contribution in [0.1, 0.15) is 17.9 Å². The van der Waals surface area contributed by atoms with Crippen molar-refractivity contribution in [3.8, 4) is 6.07 Å². The quantitative estimate of drug-likeness (QED) is 0.576. The van der Waals surface area contributed by atoms with E-state index < -0.39 is 11.9 Å². The Morgan fingerprint density at radius 3 is 2.65 bits per heavy atom. The second kappa shape index (κ2) is 6.49. The van der Waals surface area contributed by atoms with E-state index in [1.165, 1.54) is 7.11 Å². The molecule has 0 N–H and O–H groups in total. The Hall–Kier alpha value is -2.08. The van der Waals surface area contributed by atoms with E-state index in [-0.39, 0.29) is 5.92 Å². The molecule has 0 heterocycles. The molecule has 2 atom stereocenters. The van der Waals surface area contributed by atoms with Gasteiger partial charge in [-0.25, -0.2) is 0 Å². The number of nitrogens with zero attached hydrogens (tertiary/aromatic N) is 1. The average molecular weight is 229 g/mol. The molecule has 0 aromatic heterocycles. The van der Waals surface area contributed by atoms with Crippen LogP contribution in [0.5, 0.6) is 0 Å². The predicted molar refractivity (Wildman–Crippen MR) is 65.1 cm³/mol. The zero-order valence-electron chi connectivity index (χ0n) is 9.80. The molecule has 0 saturated carbocycles. The van der Waals surface area contributed by atoms with Crippen molar-refractivity contribution in [2.24, 2.45) is 5.92 Å². The van der Waals surface area contributed by atoms with Gasteiger partial charge in [0.15, 0.2) is 5.92 Å². The van der Waals surface area contributed by atoms with Crippen molar-refractivity contribution in [2.45, 2.75) is 12.3 Å². The van der Waals surface area contributed by atoms with Crippen LogP contribution >= 0.6 is 0 Å². The first-order valence-electron chi connectivity index (χ1n) is 5.37. The Morgan fingerprint density at radius 1 is 1.53 bits per heavy atom. The fraction of sp³-hybridized carbons (Fsp3) is 0.286. The zero-order chi connectivity index (χ0) is 12.7. The van der Waals surface area contributed by atoms with Crippen molar-refractivity contribution in [1.29, 1.82) is 5.26 Å². The van der Waals surface area contributed by atoms with Gasteiger partial charge in [-0.15, -0.1) is 6.58 Å². The predicted octanol–water partition coefficient (Wildman–Crippen LogP) is 2.66. The standard InChI is InChI=1S/C14H15NO2/c1-3-7-12(11-8-5-4-6-9-11)13(10-15)14(16)17-2/h3-6,8-9,12-13H,1,7H2,2H3. The number of rotatable bonds is 5. The van der Waals surface area contributed by atoms with Crippen LogP contribution in [0.3, 0.4) is 0 Å². The molecule has 2 unspecified atom stereocenters. The summed E-state index contributed by atoms with van der Waals surface area (Å²) in [5, 5.41) is 9.10. The highest BCUT2D eigenvalue weighted by Crippen LogP contribution is 2.29. The summed E-state index contributed by atoms with van der Waals surface area (Å²) in [4.78, 5) is 11.6. The minimum absolute atomic E-state index is 0.203. The number of carbonyl (C=O) groups is 1. The molecule has 1 rings (SSSR count). The summed E-state index contributed by atoms with van der Waals surface area (Å²) in [6.45, 7) is 3.67. The first kappa shape index (κ1) is 13.0. The molecule has 88 valence electrons. The topological polar surface area (TPSA) is 50.1 Å². The number of allylic oxidation sites excluding steroid dienone is 1. The largest absolute Gasteiger partial charge is 0.468 e. The molecule has 0 amide bonds. The molecule has 3 nitrogen and oxygen atoms in total. The molecule has 0 aliphatic rings. The van der Waals surface area contributed by atoms with E-state index in [0.717, 1.165) is 5.56 Å². The van der Waals surface area contributed by atoms with Crippen molar-refractivity contribution < 1.29 is 9.53 Å². The smallest absolute Gasteiger partial charge is 0.323 e. The fourth-order valence-electron chi connectivity index (χ4n) is 1.78. The Balaban J connectivity index is 3.04. The lowest BCUT2D eigenvalue weighted by Gasteiger charge is -2.19. The van der Waals surface area contributed by atoms with E-state index >= 15 is 0 Å². The molecule has 0 bridgehead atoms. The lowest BCUT2D eigenvalue weighted by atomic mass is 9.84. The van der Waals surface area contributed by atoms with Gasteiger partial charge in [0.05, 0.1) is 13.2 Å². The number of carbonyl (C=O) groups excluding carboxylic acids is 1. The summed E-state index contributed by atoms with van der Waals surface area (Å²) < 4.78 is 4.66. The van der Waals surface area contributed by atoms with Crippen LogP contribution in [-0.2, 0) is 9.53 Å². The zero-order valence-corrected chi connectivity index (χ0v) is 9.80. The van der Waals surface area contributed by atoms with Crippen LogP contribution < -0.4 is 0 Å². The van der Waals surface area contributed by atoms with Gasteiger partial charge in [0.2, 0.25) is 0 Å². The summed E-state index contributed by atoms with van der Waals surface area (Å²) in [5.41, 5.74) is 0.948. The molecule has 17 heavy (non-hydrogen) atoms. The maximum atomic E-state index is 11.6. The molecule has 0 saturated heterocycles. The number of ether oxygens (including phenoxy) is 1. The van der Waals surface area contributed by atoms with Gasteiger partial charge in [0, 0.05) is 5.92 Å². The highest BCUT2D eigenvalue weighted by molar-refractivity contribution is 5.76. The summed E-state index contributed by atoms with van der Waals surface area (Å²) in [6.07, 6.45) is 2.28. The summed E-state index contributed by atoms with van der Waals surface area (Å²) in [7, 11) is 1.29. The van der Waals surface area contributed by atoms with Crippen molar-refractivity contribution in [2.75, 3.05) is 7.11 Å². The molecule has 3 heteroatoms. The van der Waals surface area contributed by atoms with Crippen molar-refractivity contribution in [3.05, 3.63) is 48.6 Å². The van der Waals surface area contributed by atoms with Crippen LogP contribution in [0.4, 0.5) is 0 Å². The highest BCUT2D eigenvalue weighted by atomic mass is 16.5. The summed E-state index contributed by atoms with van der Waals surface area (Å²) in [6, 6.07) is 11.5. The van der Waals surface area contributed by atoms with Crippen LogP contribution in [0.2, 0.25) is 0 Å². The number of benzene rings is 1. The van der Waals surface area contributed by atoms with E-state index in [1.54, 1.807) is 6.08 Å². The molecule has 0 spiro atoms. The average Bonchev–Trinajstić information content (AvgIpc) is 2.39. The minimum atomic E-state index is -0.791. The lowest BCUT2D eigenvalue weighted by Crippen LogP contribution is -2.22. The van der Waals surface area contributed by atoms with Crippen LogP contribution in [0, 0.1) is 17.2 Å². The molecule has 1 aromatic carbocycles. The highest BCUT2D eigenvalue weighted by Gasteiger charge is 2.29. The van der Waals surface area contributed by atoms with Crippen LogP contribution in [-0.4, -0.2) is 13.1 Å². The van der Waals surface area contributed by atoms with Gasteiger partial charge in [-0.3, -0.25) is 4.79 Å². The van der Waals surface area contributed by atoms with Crippen molar-refractivity contribution in [1.82, 2.24) is 0 Å². The van der Waals surface area contributed by atoms with Gasteiger partial charge < -0.3 is 4.74 Å². The molecular formula is C14H15NO2. The summed E-state index contributed by atoms with van der Waals surface area (Å²) in [5.74, 6) is -1.49. The maximum Gasteiger partial charge on any atom is 0.323 e. The van der Waals surface area contributed by atoms with E-state index in [9.17, 15) is 4.79 Å². The Labute approximate surface area is 101 Å². The monoisotopic (exact) mass is 229 g/mol. The number of hydrogen-bond acceptors (Lipinski definition) is 3. The minimum Gasteiger partial charge on any atom is -0.468 e. The fourth-order valence-corrected chi connectivity index (χ4v) is 1.78. The van der Waals surface area contributed by atoms with Gasteiger partial charge in [-0.05, 0) is 12.0 Å². The SMILES string of the molecule is C=CCC(c1ccccc1)C(C#N)C(=O)OC. The Bertz CT molecular complexity index is 420. The molecule has 0 aliphatic carbocycles. The molecule has 0 aliphatic heterocycles. The van der Waals surface area contributed by atoms with E-state index in [2.05, 4.69) is 11.3 Å². The number of methoxy groups -OCH3 is 1.